The predicted molar refractivity (Wildman–Crippen MR) is 136 cm³/mol. The molecule has 1 saturated carbocycles. The zero-order chi connectivity index (χ0) is 25.3. The molecule has 2 heterocycles. The number of carbonyl (C=O) groups is 1. The standard InChI is InChI=1S/C26H27N5O4S/c1-18-8-10-22(11-9-18)36(33,34)31-13-12-23-24(27-17-28-25(23)31)30(2)21-14-20(15-21)29-26(32)35-16-19-6-4-3-5-7-19/h3-13,17,20-21H,14-16H2,1-2H3,(H,29,32)/t20-,21+. The van der Waals surface area contributed by atoms with Crippen LogP contribution >= 0.6 is 0 Å². The number of amides is 1. The van der Waals surface area contributed by atoms with Gasteiger partial charge in [0.25, 0.3) is 10.0 Å². The molecule has 0 unspecified atom stereocenters. The van der Waals surface area contributed by atoms with Gasteiger partial charge in [-0.1, -0.05) is 48.0 Å². The number of aromatic nitrogens is 3. The Morgan fingerprint density at radius 1 is 1.08 bits per heavy atom. The Labute approximate surface area is 209 Å². The first-order valence-corrected chi connectivity index (χ1v) is 13.1. The molecule has 5 rings (SSSR count). The number of ether oxygens (including phenoxy) is 1. The summed E-state index contributed by atoms with van der Waals surface area (Å²) in [5, 5.41) is 3.55. The molecule has 1 amide bonds. The Hall–Kier alpha value is -3.92. The molecule has 0 bridgehead atoms. The van der Waals surface area contributed by atoms with Crippen molar-refractivity contribution in [3.63, 3.8) is 0 Å². The summed E-state index contributed by atoms with van der Waals surface area (Å²) in [5.41, 5.74) is 2.24. The van der Waals surface area contributed by atoms with E-state index in [2.05, 4.69) is 15.3 Å². The van der Waals surface area contributed by atoms with Crippen molar-refractivity contribution in [2.75, 3.05) is 11.9 Å². The summed E-state index contributed by atoms with van der Waals surface area (Å²) < 4.78 is 33.0. The number of fused-ring (bicyclic) bond motifs is 1. The number of hydrogen-bond donors (Lipinski definition) is 1. The molecular formula is C26H27N5O4S. The molecule has 1 N–H and O–H groups in total. The third-order valence-corrected chi connectivity index (χ3v) is 8.22. The van der Waals surface area contributed by atoms with E-state index in [1.54, 1.807) is 30.3 Å². The molecule has 2 aromatic heterocycles. The van der Waals surface area contributed by atoms with Gasteiger partial charge in [-0.2, -0.15) is 0 Å². The highest BCUT2D eigenvalue weighted by Gasteiger charge is 2.35. The molecule has 36 heavy (non-hydrogen) atoms. The van der Waals surface area contributed by atoms with Crippen molar-refractivity contribution in [2.45, 2.75) is 43.4 Å². The van der Waals surface area contributed by atoms with E-state index in [1.165, 1.54) is 16.5 Å². The Morgan fingerprint density at radius 2 is 1.81 bits per heavy atom. The molecule has 1 fully saturated rings. The van der Waals surface area contributed by atoms with Crippen LogP contribution < -0.4 is 10.2 Å². The first-order valence-electron chi connectivity index (χ1n) is 11.7. The van der Waals surface area contributed by atoms with E-state index in [4.69, 9.17) is 4.74 Å². The lowest BCUT2D eigenvalue weighted by Crippen LogP contribution is -2.53. The minimum absolute atomic E-state index is 0.00423. The Bertz CT molecular complexity index is 1480. The van der Waals surface area contributed by atoms with Crippen LogP contribution in [0.25, 0.3) is 11.0 Å². The quantitative estimate of drug-likeness (QED) is 0.406. The number of rotatable bonds is 7. The third-order valence-electron chi connectivity index (χ3n) is 6.53. The van der Waals surface area contributed by atoms with Crippen LogP contribution in [0.4, 0.5) is 10.6 Å². The van der Waals surface area contributed by atoms with Crippen molar-refractivity contribution in [3.05, 3.63) is 84.3 Å². The summed E-state index contributed by atoms with van der Waals surface area (Å²) in [6.07, 6.45) is 3.91. The van der Waals surface area contributed by atoms with Crippen LogP contribution in [0.3, 0.4) is 0 Å². The highest BCUT2D eigenvalue weighted by atomic mass is 32.2. The van der Waals surface area contributed by atoms with E-state index in [0.29, 0.717) is 16.9 Å². The zero-order valence-electron chi connectivity index (χ0n) is 20.0. The number of nitrogens with one attached hydrogen (secondary N) is 1. The molecule has 2 aromatic carbocycles. The first kappa shape index (κ1) is 23.8. The second kappa shape index (κ2) is 9.62. The van der Waals surface area contributed by atoms with Gasteiger partial charge in [0, 0.05) is 25.3 Å². The van der Waals surface area contributed by atoms with Gasteiger partial charge in [0.1, 0.15) is 18.8 Å². The molecule has 186 valence electrons. The monoisotopic (exact) mass is 505 g/mol. The fourth-order valence-corrected chi connectivity index (χ4v) is 5.64. The smallest absolute Gasteiger partial charge is 0.407 e. The average Bonchev–Trinajstić information content (AvgIpc) is 3.30. The highest BCUT2D eigenvalue weighted by Crippen LogP contribution is 2.32. The second-order valence-electron chi connectivity index (χ2n) is 9.00. The van der Waals surface area contributed by atoms with E-state index < -0.39 is 16.1 Å². The minimum atomic E-state index is -3.79. The van der Waals surface area contributed by atoms with Crippen molar-refractivity contribution in [1.29, 1.82) is 0 Å². The number of nitrogens with zero attached hydrogens (tertiary/aromatic N) is 4. The molecule has 10 heteroatoms. The summed E-state index contributed by atoms with van der Waals surface area (Å²) >= 11 is 0. The van der Waals surface area contributed by atoms with Crippen LogP contribution in [0.1, 0.15) is 24.0 Å². The Balaban J connectivity index is 1.25. The maximum atomic E-state index is 13.2. The maximum absolute atomic E-state index is 13.2. The first-order chi connectivity index (χ1) is 17.3. The zero-order valence-corrected chi connectivity index (χ0v) is 20.9. The molecule has 1 aliphatic carbocycles. The molecular weight excluding hydrogens is 478 g/mol. The second-order valence-corrected chi connectivity index (χ2v) is 10.8. The lowest BCUT2D eigenvalue weighted by atomic mass is 9.85. The van der Waals surface area contributed by atoms with E-state index in [1.807, 2.05) is 49.2 Å². The van der Waals surface area contributed by atoms with Crippen molar-refractivity contribution < 1.29 is 17.9 Å². The van der Waals surface area contributed by atoms with Crippen LogP contribution in [0.15, 0.2) is 78.1 Å². The van der Waals surface area contributed by atoms with Crippen LogP contribution in [-0.4, -0.2) is 47.6 Å². The maximum Gasteiger partial charge on any atom is 0.407 e. The molecule has 0 atom stereocenters. The van der Waals surface area contributed by atoms with Gasteiger partial charge in [0.15, 0.2) is 5.65 Å². The van der Waals surface area contributed by atoms with Gasteiger partial charge >= 0.3 is 6.09 Å². The fourth-order valence-electron chi connectivity index (χ4n) is 4.34. The SMILES string of the molecule is Cc1ccc(S(=O)(=O)n2ccc3c(N(C)[C@H]4C[C@@H](NC(=O)OCc5ccccc5)C4)ncnc32)cc1. The van der Waals surface area contributed by atoms with E-state index in [-0.39, 0.29) is 23.6 Å². The van der Waals surface area contributed by atoms with Crippen LogP contribution in [0.2, 0.25) is 0 Å². The van der Waals surface area contributed by atoms with E-state index >= 15 is 0 Å². The number of hydrogen-bond acceptors (Lipinski definition) is 7. The normalized spacial score (nSPS) is 17.4. The fraction of sp³-hybridized carbons (Fsp3) is 0.269. The predicted octanol–water partition coefficient (Wildman–Crippen LogP) is 3.87. The van der Waals surface area contributed by atoms with Gasteiger partial charge in [0.05, 0.1) is 10.3 Å². The number of carbonyl (C=O) groups excluding carboxylic acids is 1. The van der Waals surface area contributed by atoms with Crippen molar-refractivity contribution in [2.24, 2.45) is 0 Å². The Morgan fingerprint density at radius 3 is 2.53 bits per heavy atom. The number of benzene rings is 2. The molecule has 4 aromatic rings. The number of alkyl carbamates (subject to hydrolysis) is 1. The number of aryl methyl sites for hydroxylation is 1. The molecule has 9 nitrogen and oxygen atoms in total. The lowest BCUT2D eigenvalue weighted by molar-refractivity contribution is 0.127. The van der Waals surface area contributed by atoms with Crippen LogP contribution in [-0.2, 0) is 21.4 Å². The van der Waals surface area contributed by atoms with Crippen molar-refractivity contribution >= 4 is 33.0 Å². The van der Waals surface area contributed by atoms with E-state index in [0.717, 1.165) is 24.0 Å². The topological polar surface area (TPSA) is 106 Å². The highest BCUT2D eigenvalue weighted by molar-refractivity contribution is 7.90. The van der Waals surface area contributed by atoms with Gasteiger partial charge in [-0.15, -0.1) is 0 Å². The molecule has 0 spiro atoms. The number of anilines is 1. The third kappa shape index (κ3) is 4.64. The van der Waals surface area contributed by atoms with Crippen molar-refractivity contribution in [3.8, 4) is 0 Å². The summed E-state index contributed by atoms with van der Waals surface area (Å²) in [6, 6.07) is 18.1. The molecule has 1 aliphatic rings. The summed E-state index contributed by atoms with van der Waals surface area (Å²) in [5.74, 6) is 0.646. The summed E-state index contributed by atoms with van der Waals surface area (Å²) in [6.45, 7) is 2.13. The largest absolute Gasteiger partial charge is 0.445 e. The van der Waals surface area contributed by atoms with Gasteiger partial charge in [-0.25, -0.2) is 27.2 Å². The summed E-state index contributed by atoms with van der Waals surface area (Å²) in [4.78, 5) is 23.1. The average molecular weight is 506 g/mol. The lowest BCUT2D eigenvalue weighted by Gasteiger charge is -2.41. The molecule has 0 radical (unpaired) electrons. The van der Waals surface area contributed by atoms with Gasteiger partial charge in [0.2, 0.25) is 0 Å². The Kier molecular flexibility index (Phi) is 6.36. The molecule has 0 saturated heterocycles. The van der Waals surface area contributed by atoms with E-state index in [9.17, 15) is 13.2 Å². The van der Waals surface area contributed by atoms with Crippen LogP contribution in [0, 0.1) is 6.92 Å². The minimum Gasteiger partial charge on any atom is -0.445 e. The van der Waals surface area contributed by atoms with Crippen molar-refractivity contribution in [1.82, 2.24) is 19.3 Å². The van der Waals surface area contributed by atoms with Gasteiger partial charge in [-0.3, -0.25) is 0 Å². The van der Waals surface area contributed by atoms with Crippen LogP contribution in [0.5, 0.6) is 0 Å². The van der Waals surface area contributed by atoms with Gasteiger partial charge in [-0.05, 0) is 43.5 Å². The van der Waals surface area contributed by atoms with Gasteiger partial charge < -0.3 is 15.0 Å². The molecule has 0 aliphatic heterocycles. The summed E-state index contributed by atoms with van der Waals surface area (Å²) in [7, 11) is -1.88.